The number of H-pyrrole nitrogens is 1. The summed E-state index contributed by atoms with van der Waals surface area (Å²) in [6.45, 7) is 0.222. The summed E-state index contributed by atoms with van der Waals surface area (Å²) in [5, 5.41) is 2.56. The average Bonchev–Trinajstić information content (AvgIpc) is 2.81. The van der Waals surface area contributed by atoms with E-state index in [1.807, 2.05) is 0 Å². The molecular weight excluding hydrogens is 224 g/mol. The molecular formula is C10H16N4O3. The number of amides is 1. The molecule has 0 saturated carbocycles. The molecule has 0 aliphatic carbocycles. The number of aromatic amines is 1. The fourth-order valence-electron chi connectivity index (χ4n) is 1.24. The van der Waals surface area contributed by atoms with Gasteiger partial charge in [-0.2, -0.15) is 0 Å². The normalized spacial score (nSPS) is 11.9. The molecule has 0 saturated heterocycles. The van der Waals surface area contributed by atoms with Gasteiger partial charge in [0.1, 0.15) is 0 Å². The molecule has 1 heterocycles. The molecule has 0 aliphatic rings. The van der Waals surface area contributed by atoms with Gasteiger partial charge >= 0.3 is 5.97 Å². The fourth-order valence-corrected chi connectivity index (χ4v) is 1.24. The van der Waals surface area contributed by atoms with Crippen LogP contribution in [0.3, 0.4) is 0 Å². The van der Waals surface area contributed by atoms with Crippen molar-refractivity contribution in [3.05, 3.63) is 18.2 Å². The maximum atomic E-state index is 11.5. The molecule has 7 nitrogen and oxygen atoms in total. The molecule has 4 N–H and O–H groups in total. The second-order valence-corrected chi connectivity index (χ2v) is 3.49. The molecule has 0 aromatic carbocycles. The van der Waals surface area contributed by atoms with Crippen molar-refractivity contribution in [3.8, 4) is 0 Å². The van der Waals surface area contributed by atoms with Crippen molar-refractivity contribution in [1.29, 1.82) is 0 Å². The number of imidazole rings is 1. The van der Waals surface area contributed by atoms with E-state index in [1.165, 1.54) is 13.4 Å². The number of rotatable bonds is 6. The Hall–Kier alpha value is -1.89. The van der Waals surface area contributed by atoms with Gasteiger partial charge in [0.05, 0.1) is 31.6 Å². The SMILES string of the molecule is COC(=O)CCNC(=O)C(N)Cc1c[nH]cn1. The first kappa shape index (κ1) is 13.2. The number of carbonyl (C=O) groups excluding carboxylic acids is 2. The van der Waals surface area contributed by atoms with Gasteiger partial charge in [-0.1, -0.05) is 0 Å². The smallest absolute Gasteiger partial charge is 0.307 e. The summed E-state index contributed by atoms with van der Waals surface area (Å²) in [5.41, 5.74) is 6.40. The first-order valence-electron chi connectivity index (χ1n) is 5.21. The predicted molar refractivity (Wildman–Crippen MR) is 59.9 cm³/mol. The fraction of sp³-hybridized carbons (Fsp3) is 0.500. The largest absolute Gasteiger partial charge is 0.469 e. The number of nitrogens with two attached hydrogens (primary N) is 1. The number of ether oxygens (including phenoxy) is 1. The minimum Gasteiger partial charge on any atom is -0.469 e. The van der Waals surface area contributed by atoms with Crippen LogP contribution in [-0.4, -0.2) is 41.5 Å². The number of esters is 1. The van der Waals surface area contributed by atoms with Gasteiger partial charge < -0.3 is 20.8 Å². The minimum atomic E-state index is -0.670. The third kappa shape index (κ3) is 4.64. The molecule has 0 spiro atoms. The van der Waals surface area contributed by atoms with Crippen molar-refractivity contribution in [1.82, 2.24) is 15.3 Å². The first-order chi connectivity index (χ1) is 8.13. The van der Waals surface area contributed by atoms with Crippen molar-refractivity contribution in [2.75, 3.05) is 13.7 Å². The van der Waals surface area contributed by atoms with Crippen LogP contribution in [0.2, 0.25) is 0 Å². The Morgan fingerprint density at radius 3 is 3.00 bits per heavy atom. The lowest BCUT2D eigenvalue weighted by atomic mass is 10.1. The van der Waals surface area contributed by atoms with Gasteiger partial charge in [-0.05, 0) is 0 Å². The highest BCUT2D eigenvalue weighted by atomic mass is 16.5. The first-order valence-corrected chi connectivity index (χ1v) is 5.21. The van der Waals surface area contributed by atoms with Crippen molar-refractivity contribution >= 4 is 11.9 Å². The zero-order valence-corrected chi connectivity index (χ0v) is 9.60. The van der Waals surface area contributed by atoms with Gasteiger partial charge in [0.25, 0.3) is 0 Å². The van der Waals surface area contributed by atoms with Crippen LogP contribution in [-0.2, 0) is 20.7 Å². The monoisotopic (exact) mass is 240 g/mol. The van der Waals surface area contributed by atoms with Gasteiger partial charge in [0, 0.05) is 19.2 Å². The van der Waals surface area contributed by atoms with Crippen LogP contribution in [0.1, 0.15) is 12.1 Å². The lowest BCUT2D eigenvalue weighted by molar-refractivity contribution is -0.140. The second kappa shape index (κ2) is 6.64. The van der Waals surface area contributed by atoms with E-state index in [1.54, 1.807) is 6.20 Å². The van der Waals surface area contributed by atoms with E-state index in [4.69, 9.17) is 5.73 Å². The topological polar surface area (TPSA) is 110 Å². The van der Waals surface area contributed by atoms with Gasteiger partial charge in [-0.15, -0.1) is 0 Å². The highest BCUT2D eigenvalue weighted by Crippen LogP contribution is 1.96. The molecule has 1 amide bonds. The summed E-state index contributed by atoms with van der Waals surface area (Å²) >= 11 is 0. The number of carbonyl (C=O) groups is 2. The van der Waals surface area contributed by atoms with Crippen LogP contribution in [0.4, 0.5) is 0 Å². The summed E-state index contributed by atoms with van der Waals surface area (Å²) in [6, 6.07) is -0.670. The summed E-state index contributed by atoms with van der Waals surface area (Å²) in [5.74, 6) is -0.678. The molecule has 17 heavy (non-hydrogen) atoms. The number of nitrogens with one attached hydrogen (secondary N) is 2. The molecule has 1 unspecified atom stereocenters. The maximum absolute atomic E-state index is 11.5. The average molecular weight is 240 g/mol. The van der Waals surface area contributed by atoms with E-state index in [2.05, 4.69) is 20.0 Å². The van der Waals surface area contributed by atoms with Crippen molar-refractivity contribution in [3.63, 3.8) is 0 Å². The highest BCUT2D eigenvalue weighted by molar-refractivity contribution is 5.82. The minimum absolute atomic E-state index is 0.136. The molecule has 1 aromatic heterocycles. The Balaban J connectivity index is 2.25. The van der Waals surface area contributed by atoms with Crippen LogP contribution in [0.25, 0.3) is 0 Å². The van der Waals surface area contributed by atoms with Crippen LogP contribution < -0.4 is 11.1 Å². The number of aromatic nitrogens is 2. The summed E-state index contributed by atoms with van der Waals surface area (Å²) in [6.07, 6.45) is 3.70. The van der Waals surface area contributed by atoms with Crippen LogP contribution in [0, 0.1) is 0 Å². The second-order valence-electron chi connectivity index (χ2n) is 3.49. The van der Waals surface area contributed by atoms with E-state index in [9.17, 15) is 9.59 Å². The van der Waals surface area contributed by atoms with Gasteiger partial charge in [0.15, 0.2) is 0 Å². The Morgan fingerprint density at radius 1 is 1.65 bits per heavy atom. The summed E-state index contributed by atoms with van der Waals surface area (Å²) < 4.78 is 4.44. The highest BCUT2D eigenvalue weighted by Gasteiger charge is 2.14. The summed E-state index contributed by atoms with van der Waals surface area (Å²) in [7, 11) is 1.30. The molecule has 0 fully saturated rings. The van der Waals surface area contributed by atoms with Gasteiger partial charge in [-0.3, -0.25) is 9.59 Å². The van der Waals surface area contributed by atoms with E-state index >= 15 is 0 Å². The molecule has 0 aliphatic heterocycles. The number of hydrogen-bond acceptors (Lipinski definition) is 5. The number of nitrogens with zero attached hydrogens (tertiary/aromatic N) is 1. The van der Waals surface area contributed by atoms with Gasteiger partial charge in [-0.25, -0.2) is 4.98 Å². The standard InChI is InChI=1S/C10H16N4O3/c1-17-9(15)2-3-13-10(16)8(11)4-7-5-12-6-14-7/h5-6,8H,2-4,11H2,1H3,(H,12,14)(H,13,16). The van der Waals surface area contributed by atoms with Crippen molar-refractivity contribution < 1.29 is 14.3 Å². The zero-order valence-electron chi connectivity index (χ0n) is 9.60. The maximum Gasteiger partial charge on any atom is 0.307 e. The Bertz CT molecular complexity index is 364. The molecule has 1 atom stereocenters. The van der Waals surface area contributed by atoms with Crippen LogP contribution in [0.15, 0.2) is 12.5 Å². The van der Waals surface area contributed by atoms with Gasteiger partial charge in [0.2, 0.25) is 5.91 Å². The molecule has 7 heteroatoms. The Kier molecular flexibility index (Phi) is 5.15. The number of hydrogen-bond donors (Lipinski definition) is 3. The van der Waals surface area contributed by atoms with Crippen LogP contribution >= 0.6 is 0 Å². The van der Waals surface area contributed by atoms with Crippen molar-refractivity contribution in [2.24, 2.45) is 5.73 Å². The quantitative estimate of drug-likeness (QED) is 0.550. The zero-order chi connectivity index (χ0) is 12.7. The Morgan fingerprint density at radius 2 is 2.41 bits per heavy atom. The van der Waals surface area contributed by atoms with E-state index in [0.29, 0.717) is 6.42 Å². The van der Waals surface area contributed by atoms with Crippen molar-refractivity contribution in [2.45, 2.75) is 18.9 Å². The van der Waals surface area contributed by atoms with E-state index in [0.717, 1.165) is 5.69 Å². The third-order valence-electron chi connectivity index (χ3n) is 2.18. The molecule has 94 valence electrons. The third-order valence-corrected chi connectivity index (χ3v) is 2.18. The van der Waals surface area contributed by atoms with Crippen LogP contribution in [0.5, 0.6) is 0 Å². The lowest BCUT2D eigenvalue weighted by Crippen LogP contribution is -2.42. The molecule has 0 radical (unpaired) electrons. The molecule has 1 rings (SSSR count). The predicted octanol–water partition coefficient (Wildman–Crippen LogP) is -1.04. The summed E-state index contributed by atoms with van der Waals surface area (Å²) in [4.78, 5) is 29.1. The Labute approximate surface area is 98.7 Å². The number of methoxy groups -OCH3 is 1. The van der Waals surface area contributed by atoms with E-state index < -0.39 is 6.04 Å². The van der Waals surface area contributed by atoms with E-state index in [-0.39, 0.29) is 24.8 Å². The molecule has 0 bridgehead atoms. The molecule has 1 aromatic rings. The lowest BCUT2D eigenvalue weighted by Gasteiger charge is -2.10.